The largest absolute Gasteiger partial charge is 0.271 e. The molecule has 0 fully saturated rings. The van der Waals surface area contributed by atoms with Gasteiger partial charge in [0, 0.05) is 15.7 Å². The second-order valence-electron chi connectivity index (χ2n) is 3.01. The average Bonchev–Trinajstić information content (AvgIpc) is 2.14. The van der Waals surface area contributed by atoms with Gasteiger partial charge in [-0.05, 0) is 32.0 Å². The topological polar surface area (TPSA) is 41.5 Å². The van der Waals surface area contributed by atoms with E-state index in [1.807, 2.05) is 26.0 Å². The minimum absolute atomic E-state index is 0.201. The van der Waals surface area contributed by atoms with Gasteiger partial charge in [0.25, 0.3) is 5.91 Å². The zero-order valence-electron chi connectivity index (χ0n) is 8.04. The number of hydrazone groups is 1. The van der Waals surface area contributed by atoms with Gasteiger partial charge in [-0.2, -0.15) is 5.10 Å². The highest BCUT2D eigenvalue weighted by Gasteiger charge is 2.03. The molecule has 0 aliphatic carbocycles. The summed E-state index contributed by atoms with van der Waals surface area (Å²) in [6.07, 6.45) is 0. The van der Waals surface area contributed by atoms with Gasteiger partial charge in [-0.1, -0.05) is 22.0 Å². The van der Waals surface area contributed by atoms with Crippen molar-refractivity contribution in [2.24, 2.45) is 5.10 Å². The smallest absolute Gasteiger partial charge is 0.267 e. The predicted molar refractivity (Wildman–Crippen MR) is 60.4 cm³/mol. The molecule has 0 saturated carbocycles. The monoisotopic (exact) mass is 254 g/mol. The standard InChI is InChI=1S/C10H11BrN2O/c1-7(2)12-13-10(14)8-4-3-5-9(11)6-8/h3-6H,1-2H3,(H,13,14). The number of rotatable bonds is 2. The average molecular weight is 255 g/mol. The molecule has 1 amide bonds. The van der Waals surface area contributed by atoms with Crippen molar-refractivity contribution in [3.8, 4) is 0 Å². The highest BCUT2D eigenvalue weighted by molar-refractivity contribution is 9.10. The van der Waals surface area contributed by atoms with E-state index in [2.05, 4.69) is 26.5 Å². The molecule has 0 aromatic heterocycles. The van der Waals surface area contributed by atoms with E-state index in [0.717, 1.165) is 10.2 Å². The van der Waals surface area contributed by atoms with Crippen LogP contribution in [0.1, 0.15) is 24.2 Å². The van der Waals surface area contributed by atoms with Crippen molar-refractivity contribution in [1.29, 1.82) is 0 Å². The second kappa shape index (κ2) is 4.91. The number of hydrogen-bond donors (Lipinski definition) is 1. The second-order valence-corrected chi connectivity index (χ2v) is 3.93. The van der Waals surface area contributed by atoms with Gasteiger partial charge < -0.3 is 0 Å². The van der Waals surface area contributed by atoms with Crippen LogP contribution in [0, 0.1) is 0 Å². The minimum Gasteiger partial charge on any atom is -0.267 e. The number of hydrogen-bond acceptors (Lipinski definition) is 2. The van der Waals surface area contributed by atoms with Crippen molar-refractivity contribution in [2.75, 3.05) is 0 Å². The molecule has 1 aromatic carbocycles. The Morgan fingerprint density at radius 2 is 2.14 bits per heavy atom. The number of nitrogens with one attached hydrogen (secondary N) is 1. The van der Waals surface area contributed by atoms with Crippen LogP contribution in [0.3, 0.4) is 0 Å². The lowest BCUT2D eigenvalue weighted by molar-refractivity contribution is 0.0954. The fourth-order valence-electron chi connectivity index (χ4n) is 0.857. The minimum atomic E-state index is -0.201. The number of carbonyl (C=O) groups excluding carboxylic acids is 1. The molecule has 0 aliphatic heterocycles. The summed E-state index contributed by atoms with van der Waals surface area (Å²) in [4.78, 5) is 11.5. The highest BCUT2D eigenvalue weighted by Crippen LogP contribution is 2.11. The Labute approximate surface area is 91.3 Å². The van der Waals surface area contributed by atoms with Gasteiger partial charge >= 0.3 is 0 Å². The van der Waals surface area contributed by atoms with Crippen molar-refractivity contribution in [1.82, 2.24) is 5.43 Å². The molecule has 14 heavy (non-hydrogen) atoms. The van der Waals surface area contributed by atoms with Gasteiger partial charge in [-0.3, -0.25) is 4.79 Å². The summed E-state index contributed by atoms with van der Waals surface area (Å²) in [5.41, 5.74) is 3.85. The van der Waals surface area contributed by atoms with E-state index in [9.17, 15) is 4.79 Å². The van der Waals surface area contributed by atoms with E-state index in [4.69, 9.17) is 0 Å². The van der Waals surface area contributed by atoms with Gasteiger partial charge in [-0.15, -0.1) is 0 Å². The first-order chi connectivity index (χ1) is 6.59. The summed E-state index contributed by atoms with van der Waals surface area (Å²) >= 11 is 3.29. The Kier molecular flexibility index (Phi) is 3.83. The predicted octanol–water partition coefficient (Wildman–Crippen LogP) is 2.57. The molecular weight excluding hydrogens is 244 g/mol. The van der Waals surface area contributed by atoms with Crippen LogP contribution in [0.4, 0.5) is 0 Å². The molecule has 1 aromatic rings. The molecule has 74 valence electrons. The summed E-state index contributed by atoms with van der Waals surface area (Å²) in [5, 5.41) is 3.83. The van der Waals surface area contributed by atoms with Crippen LogP contribution < -0.4 is 5.43 Å². The first-order valence-corrected chi connectivity index (χ1v) is 4.95. The van der Waals surface area contributed by atoms with E-state index < -0.39 is 0 Å². The van der Waals surface area contributed by atoms with E-state index in [-0.39, 0.29) is 5.91 Å². The van der Waals surface area contributed by atoms with Crippen molar-refractivity contribution >= 4 is 27.5 Å². The molecule has 3 nitrogen and oxygen atoms in total. The van der Waals surface area contributed by atoms with Crippen LogP contribution >= 0.6 is 15.9 Å². The molecule has 0 aliphatic rings. The third kappa shape index (κ3) is 3.30. The van der Waals surface area contributed by atoms with Gasteiger partial charge in [-0.25, -0.2) is 5.43 Å². The number of nitrogens with zero attached hydrogens (tertiary/aromatic N) is 1. The fourth-order valence-corrected chi connectivity index (χ4v) is 1.26. The van der Waals surface area contributed by atoms with Gasteiger partial charge in [0.2, 0.25) is 0 Å². The van der Waals surface area contributed by atoms with Crippen molar-refractivity contribution < 1.29 is 4.79 Å². The van der Waals surface area contributed by atoms with Crippen LogP contribution in [0.25, 0.3) is 0 Å². The molecule has 1 rings (SSSR count). The van der Waals surface area contributed by atoms with Gasteiger partial charge in [0.15, 0.2) is 0 Å². The lowest BCUT2D eigenvalue weighted by Gasteiger charge is -2.00. The molecule has 0 saturated heterocycles. The summed E-state index contributed by atoms with van der Waals surface area (Å²) in [5.74, 6) is -0.201. The lowest BCUT2D eigenvalue weighted by atomic mass is 10.2. The van der Waals surface area contributed by atoms with E-state index in [1.54, 1.807) is 12.1 Å². The third-order valence-electron chi connectivity index (χ3n) is 1.47. The maximum absolute atomic E-state index is 11.5. The van der Waals surface area contributed by atoms with Crippen LogP contribution in [0.15, 0.2) is 33.8 Å². The molecule has 1 N–H and O–H groups in total. The maximum Gasteiger partial charge on any atom is 0.271 e. The van der Waals surface area contributed by atoms with Crippen molar-refractivity contribution in [2.45, 2.75) is 13.8 Å². The molecular formula is C10H11BrN2O. The molecule has 0 spiro atoms. The molecule has 0 atom stereocenters. The van der Waals surface area contributed by atoms with Gasteiger partial charge in [0.05, 0.1) is 0 Å². The summed E-state index contributed by atoms with van der Waals surface area (Å²) < 4.78 is 0.877. The summed E-state index contributed by atoms with van der Waals surface area (Å²) in [6.45, 7) is 3.64. The zero-order valence-corrected chi connectivity index (χ0v) is 9.63. The molecule has 0 radical (unpaired) electrons. The van der Waals surface area contributed by atoms with Crippen molar-refractivity contribution in [3.63, 3.8) is 0 Å². The number of halogens is 1. The highest BCUT2D eigenvalue weighted by atomic mass is 79.9. The molecule has 0 bridgehead atoms. The Morgan fingerprint density at radius 3 is 2.71 bits per heavy atom. The Morgan fingerprint density at radius 1 is 1.43 bits per heavy atom. The Bertz CT molecular complexity index is 370. The first kappa shape index (κ1) is 10.9. The molecule has 4 heteroatoms. The first-order valence-electron chi connectivity index (χ1n) is 4.16. The van der Waals surface area contributed by atoms with Crippen molar-refractivity contribution in [3.05, 3.63) is 34.3 Å². The molecule has 0 heterocycles. The fraction of sp³-hybridized carbons (Fsp3) is 0.200. The number of benzene rings is 1. The maximum atomic E-state index is 11.5. The Hall–Kier alpha value is -1.16. The Balaban J connectivity index is 2.75. The summed E-state index contributed by atoms with van der Waals surface area (Å²) in [7, 11) is 0. The van der Waals surface area contributed by atoms with Crippen LogP contribution in [-0.4, -0.2) is 11.6 Å². The van der Waals surface area contributed by atoms with E-state index in [0.29, 0.717) is 5.56 Å². The number of amides is 1. The van der Waals surface area contributed by atoms with Crippen LogP contribution in [0.5, 0.6) is 0 Å². The summed E-state index contributed by atoms with van der Waals surface area (Å²) in [6, 6.07) is 7.16. The van der Waals surface area contributed by atoms with Crippen LogP contribution in [-0.2, 0) is 0 Å². The SMILES string of the molecule is CC(C)=NNC(=O)c1cccc(Br)c1. The molecule has 0 unspecified atom stereocenters. The third-order valence-corrected chi connectivity index (χ3v) is 1.96. The zero-order chi connectivity index (χ0) is 10.6. The number of carbonyl (C=O) groups is 1. The van der Waals surface area contributed by atoms with E-state index >= 15 is 0 Å². The normalized spacial score (nSPS) is 9.36. The quantitative estimate of drug-likeness (QED) is 0.640. The lowest BCUT2D eigenvalue weighted by Crippen LogP contribution is -2.18. The van der Waals surface area contributed by atoms with E-state index in [1.165, 1.54) is 0 Å². The van der Waals surface area contributed by atoms with Gasteiger partial charge in [0.1, 0.15) is 0 Å². The van der Waals surface area contributed by atoms with Crippen LogP contribution in [0.2, 0.25) is 0 Å².